The maximum Gasteiger partial charge on any atom is 0.305 e. The summed E-state index contributed by atoms with van der Waals surface area (Å²) in [5.74, 6) is -0.0177. The van der Waals surface area contributed by atoms with Crippen molar-refractivity contribution in [2.45, 2.75) is 334 Å². The molecule has 0 saturated heterocycles. The Morgan fingerprint density at radius 1 is 0.387 bits per heavy atom. The molecule has 0 radical (unpaired) electrons. The van der Waals surface area contributed by atoms with Crippen molar-refractivity contribution < 1.29 is 24.5 Å². The van der Waals surface area contributed by atoms with Crippen LogP contribution in [-0.2, 0) is 14.3 Å². The fraction of sp³-hybridized carbons (Fsp3) is 0.964. The summed E-state index contributed by atoms with van der Waals surface area (Å²) >= 11 is 0. The minimum absolute atomic E-state index is 0.0165. The van der Waals surface area contributed by atoms with Gasteiger partial charge in [-0.15, -0.1) is 0 Å². The van der Waals surface area contributed by atoms with Gasteiger partial charge in [0.2, 0.25) is 5.91 Å². The quantitative estimate of drug-likeness (QED) is 0.0418. The number of esters is 1. The third-order valence-corrected chi connectivity index (χ3v) is 13.4. The highest BCUT2D eigenvalue weighted by atomic mass is 16.5. The van der Waals surface area contributed by atoms with E-state index in [-0.39, 0.29) is 18.5 Å². The standard InChI is InChI=1S/C56H111NO5/c1-3-5-7-9-11-13-29-34-38-42-46-50-56(61)62-51-47-43-39-35-31-28-26-24-22-20-18-16-14-15-17-19-21-23-25-27-30-33-37-41-45-49-55(60)57-53(52-58)54(59)48-44-40-36-32-12-10-8-6-4-2/h53-54,58-59H,3-52H2,1-2H3,(H,57,60). The van der Waals surface area contributed by atoms with Gasteiger partial charge in [-0.05, 0) is 25.7 Å². The number of ether oxygens (including phenoxy) is 1. The summed E-state index contributed by atoms with van der Waals surface area (Å²) in [6, 6.07) is -0.536. The van der Waals surface area contributed by atoms with Crippen LogP contribution >= 0.6 is 0 Å². The molecule has 0 aromatic rings. The molecule has 0 aliphatic carbocycles. The smallest absolute Gasteiger partial charge is 0.305 e. The summed E-state index contributed by atoms with van der Waals surface area (Å²) < 4.78 is 5.46. The number of carbonyl (C=O) groups excluding carboxylic acids is 2. The van der Waals surface area contributed by atoms with Crippen LogP contribution < -0.4 is 5.32 Å². The van der Waals surface area contributed by atoms with E-state index in [2.05, 4.69) is 19.2 Å². The molecule has 0 fully saturated rings. The Morgan fingerprint density at radius 2 is 0.661 bits per heavy atom. The largest absolute Gasteiger partial charge is 0.466 e. The molecular formula is C56H111NO5. The molecule has 2 unspecified atom stereocenters. The topological polar surface area (TPSA) is 95.9 Å². The zero-order valence-electron chi connectivity index (χ0n) is 42.1. The van der Waals surface area contributed by atoms with Gasteiger partial charge in [0.25, 0.3) is 0 Å². The van der Waals surface area contributed by atoms with Crippen LogP contribution in [0.3, 0.4) is 0 Å². The summed E-state index contributed by atoms with van der Waals surface area (Å²) in [5.41, 5.74) is 0. The van der Waals surface area contributed by atoms with Crippen molar-refractivity contribution in [3.63, 3.8) is 0 Å². The molecule has 1 amide bonds. The summed E-state index contributed by atoms with van der Waals surface area (Å²) in [6.45, 7) is 4.94. The normalized spacial score (nSPS) is 12.5. The van der Waals surface area contributed by atoms with Crippen molar-refractivity contribution in [2.75, 3.05) is 13.2 Å². The van der Waals surface area contributed by atoms with Gasteiger partial charge in [-0.2, -0.15) is 0 Å². The van der Waals surface area contributed by atoms with E-state index in [1.54, 1.807) is 0 Å². The fourth-order valence-corrected chi connectivity index (χ4v) is 9.05. The number of unbranched alkanes of at least 4 members (excludes halogenated alkanes) is 42. The van der Waals surface area contributed by atoms with Gasteiger partial charge in [-0.3, -0.25) is 9.59 Å². The molecular weight excluding hydrogens is 767 g/mol. The number of amides is 1. The van der Waals surface area contributed by atoms with Crippen LogP contribution in [0.2, 0.25) is 0 Å². The molecule has 0 heterocycles. The molecule has 0 bridgehead atoms. The van der Waals surface area contributed by atoms with Crippen LogP contribution in [0.1, 0.15) is 322 Å². The van der Waals surface area contributed by atoms with Gasteiger partial charge in [0.05, 0.1) is 25.4 Å². The Bertz CT molecular complexity index is 882. The van der Waals surface area contributed by atoms with E-state index >= 15 is 0 Å². The lowest BCUT2D eigenvalue weighted by Gasteiger charge is -2.22. The molecule has 3 N–H and O–H groups in total. The summed E-state index contributed by atoms with van der Waals surface area (Å²) in [7, 11) is 0. The molecule has 2 atom stereocenters. The maximum absolute atomic E-state index is 12.4. The van der Waals surface area contributed by atoms with Crippen LogP contribution in [0, 0.1) is 0 Å². The van der Waals surface area contributed by atoms with E-state index in [1.807, 2.05) is 0 Å². The van der Waals surface area contributed by atoms with E-state index in [9.17, 15) is 19.8 Å². The number of hydrogen-bond donors (Lipinski definition) is 3. The predicted octanol–water partition coefficient (Wildman–Crippen LogP) is 17.1. The van der Waals surface area contributed by atoms with Crippen LogP contribution in [0.4, 0.5) is 0 Å². The molecule has 6 nitrogen and oxygen atoms in total. The van der Waals surface area contributed by atoms with Crippen LogP contribution in [0.25, 0.3) is 0 Å². The van der Waals surface area contributed by atoms with E-state index in [0.717, 1.165) is 38.5 Å². The maximum atomic E-state index is 12.4. The van der Waals surface area contributed by atoms with Gasteiger partial charge in [0, 0.05) is 12.8 Å². The Labute approximate surface area is 387 Å². The Kier molecular flexibility index (Phi) is 51.5. The van der Waals surface area contributed by atoms with Gasteiger partial charge in [-0.1, -0.05) is 284 Å². The molecule has 0 aromatic carbocycles. The molecule has 0 rings (SSSR count). The SMILES string of the molecule is CCCCCCCCCCCCCC(=O)OCCCCCCCCCCCCCCCCCCCCCCCCCCCC(=O)NC(CO)C(O)CCCCCCCCCCC. The highest BCUT2D eigenvalue weighted by Crippen LogP contribution is 2.18. The molecule has 0 spiro atoms. The second-order valence-electron chi connectivity index (χ2n) is 19.6. The first kappa shape index (κ1) is 60.9. The molecule has 6 heteroatoms. The van der Waals surface area contributed by atoms with Crippen LogP contribution in [0.15, 0.2) is 0 Å². The second-order valence-corrected chi connectivity index (χ2v) is 19.6. The summed E-state index contributed by atoms with van der Waals surface area (Å²) in [4.78, 5) is 24.4. The summed E-state index contributed by atoms with van der Waals surface area (Å²) in [5, 5.41) is 23.1. The lowest BCUT2D eigenvalue weighted by molar-refractivity contribution is -0.143. The van der Waals surface area contributed by atoms with E-state index in [4.69, 9.17) is 4.74 Å². The fourth-order valence-electron chi connectivity index (χ4n) is 9.05. The molecule has 0 aliphatic heterocycles. The minimum atomic E-state index is -0.659. The molecule has 0 aliphatic rings. The lowest BCUT2D eigenvalue weighted by atomic mass is 10.0. The van der Waals surface area contributed by atoms with Gasteiger partial charge in [-0.25, -0.2) is 0 Å². The van der Waals surface area contributed by atoms with E-state index in [1.165, 1.54) is 250 Å². The highest BCUT2D eigenvalue weighted by Gasteiger charge is 2.20. The number of hydrogen-bond acceptors (Lipinski definition) is 5. The Morgan fingerprint density at radius 3 is 0.984 bits per heavy atom. The number of rotatable bonds is 53. The van der Waals surface area contributed by atoms with Crippen LogP contribution in [-0.4, -0.2) is 47.4 Å². The summed E-state index contributed by atoms with van der Waals surface area (Å²) in [6.07, 6.45) is 59.7. The number of nitrogens with one attached hydrogen (secondary N) is 1. The average Bonchev–Trinajstić information content (AvgIpc) is 3.27. The Balaban J connectivity index is 3.31. The Hall–Kier alpha value is -1.14. The first-order chi connectivity index (χ1) is 30.5. The van der Waals surface area contributed by atoms with Crippen molar-refractivity contribution in [2.24, 2.45) is 0 Å². The minimum Gasteiger partial charge on any atom is -0.466 e. The third kappa shape index (κ3) is 48.3. The van der Waals surface area contributed by atoms with E-state index in [0.29, 0.717) is 25.9 Å². The average molecular weight is 879 g/mol. The first-order valence-electron chi connectivity index (χ1n) is 28.3. The first-order valence-corrected chi connectivity index (χ1v) is 28.3. The molecule has 0 aromatic heterocycles. The van der Waals surface area contributed by atoms with E-state index < -0.39 is 12.1 Å². The number of aliphatic hydroxyl groups excluding tert-OH is 2. The van der Waals surface area contributed by atoms with Crippen molar-refractivity contribution >= 4 is 11.9 Å². The van der Waals surface area contributed by atoms with Crippen molar-refractivity contribution in [1.29, 1.82) is 0 Å². The van der Waals surface area contributed by atoms with Gasteiger partial charge >= 0.3 is 5.97 Å². The monoisotopic (exact) mass is 878 g/mol. The van der Waals surface area contributed by atoms with Gasteiger partial charge < -0.3 is 20.3 Å². The molecule has 370 valence electrons. The highest BCUT2D eigenvalue weighted by molar-refractivity contribution is 5.76. The van der Waals surface area contributed by atoms with Crippen molar-refractivity contribution in [3.8, 4) is 0 Å². The predicted molar refractivity (Wildman–Crippen MR) is 269 cm³/mol. The molecule has 0 saturated carbocycles. The third-order valence-electron chi connectivity index (χ3n) is 13.4. The second kappa shape index (κ2) is 52.5. The zero-order valence-corrected chi connectivity index (χ0v) is 42.1. The lowest BCUT2D eigenvalue weighted by Crippen LogP contribution is -2.45. The van der Waals surface area contributed by atoms with Crippen LogP contribution in [0.5, 0.6) is 0 Å². The van der Waals surface area contributed by atoms with Crippen molar-refractivity contribution in [1.82, 2.24) is 5.32 Å². The zero-order chi connectivity index (χ0) is 45.1. The molecule has 62 heavy (non-hydrogen) atoms. The van der Waals surface area contributed by atoms with Gasteiger partial charge in [0.15, 0.2) is 0 Å². The van der Waals surface area contributed by atoms with Crippen molar-refractivity contribution in [3.05, 3.63) is 0 Å². The van der Waals surface area contributed by atoms with Gasteiger partial charge in [0.1, 0.15) is 0 Å². The number of aliphatic hydroxyl groups is 2. The number of carbonyl (C=O) groups is 2.